The number of nitrogens with two attached hydrogens (primary N) is 1. The van der Waals surface area contributed by atoms with Crippen molar-refractivity contribution in [3.8, 4) is 0 Å². The Labute approximate surface area is 140 Å². The van der Waals surface area contributed by atoms with Crippen molar-refractivity contribution >= 4 is 16.6 Å². The third-order valence-electron chi connectivity index (χ3n) is 4.59. The number of aromatic nitrogens is 1. The molecule has 0 aliphatic heterocycles. The Hall–Kier alpha value is -1.61. The first kappa shape index (κ1) is 17.7. The van der Waals surface area contributed by atoms with Crippen molar-refractivity contribution in [2.45, 2.75) is 64.8 Å². The van der Waals surface area contributed by atoms with E-state index in [2.05, 4.69) is 41.8 Å². The first-order valence-electron chi connectivity index (χ1n) is 9.02. The lowest BCUT2D eigenvalue weighted by atomic mass is 10.1. The topological polar surface area (TPSA) is 50.1 Å². The van der Waals surface area contributed by atoms with E-state index in [1.807, 2.05) is 0 Å². The number of anilines is 1. The summed E-state index contributed by atoms with van der Waals surface area (Å²) in [6.45, 7) is 3.55. The number of nitrogen functional groups attached to an aromatic ring is 1. The van der Waals surface area contributed by atoms with Gasteiger partial charge in [-0.1, -0.05) is 44.2 Å². The number of rotatable bonds is 10. The Morgan fingerprint density at radius 3 is 2.22 bits per heavy atom. The smallest absolute Gasteiger partial charge is 0.214 e. The summed E-state index contributed by atoms with van der Waals surface area (Å²) in [6, 6.07) is 10.5. The summed E-state index contributed by atoms with van der Waals surface area (Å²) < 4.78 is 2.40. The number of aliphatic hydroxyl groups is 1. The highest BCUT2D eigenvalue weighted by Crippen LogP contribution is 2.19. The lowest BCUT2D eigenvalue weighted by Gasteiger charge is -2.07. The second-order valence-corrected chi connectivity index (χ2v) is 6.46. The Balaban J connectivity index is 1.79. The summed E-state index contributed by atoms with van der Waals surface area (Å²) in [6.07, 6.45) is 9.82. The number of nitrogens with zero attached hydrogens (tertiary/aromatic N) is 1. The number of aliphatic hydroxyl groups excluding tert-OH is 1. The van der Waals surface area contributed by atoms with E-state index in [0.717, 1.165) is 24.0 Å². The van der Waals surface area contributed by atoms with Crippen LogP contribution in [-0.2, 0) is 6.54 Å². The SMILES string of the molecule is Cc1cc(N)c2ccccc2[n+]1CCCCCCCCCCO. The van der Waals surface area contributed by atoms with Crippen molar-refractivity contribution in [2.75, 3.05) is 12.3 Å². The van der Waals surface area contributed by atoms with E-state index in [0.29, 0.717) is 6.61 Å². The molecule has 0 unspecified atom stereocenters. The Bertz CT molecular complexity index is 610. The number of pyridine rings is 1. The number of fused-ring (bicyclic) bond motifs is 1. The summed E-state index contributed by atoms with van der Waals surface area (Å²) >= 11 is 0. The monoisotopic (exact) mass is 315 g/mol. The van der Waals surface area contributed by atoms with Gasteiger partial charge in [0.05, 0.1) is 11.1 Å². The van der Waals surface area contributed by atoms with E-state index in [4.69, 9.17) is 10.8 Å². The highest BCUT2D eigenvalue weighted by Gasteiger charge is 2.14. The lowest BCUT2D eigenvalue weighted by Crippen LogP contribution is -2.38. The fraction of sp³-hybridized carbons (Fsp3) is 0.550. The predicted molar refractivity (Wildman–Crippen MR) is 97.3 cm³/mol. The van der Waals surface area contributed by atoms with Crippen LogP contribution in [-0.4, -0.2) is 11.7 Å². The summed E-state index contributed by atoms with van der Waals surface area (Å²) in [5.41, 5.74) is 9.50. The highest BCUT2D eigenvalue weighted by molar-refractivity contribution is 5.87. The van der Waals surface area contributed by atoms with Gasteiger partial charge in [0.1, 0.15) is 6.54 Å². The maximum atomic E-state index is 8.75. The summed E-state index contributed by atoms with van der Waals surface area (Å²) in [5, 5.41) is 9.91. The lowest BCUT2D eigenvalue weighted by molar-refractivity contribution is -0.677. The first-order valence-corrected chi connectivity index (χ1v) is 9.02. The molecule has 2 aromatic rings. The molecule has 0 aliphatic carbocycles. The van der Waals surface area contributed by atoms with Crippen LogP contribution in [0, 0.1) is 6.92 Å². The minimum absolute atomic E-state index is 0.339. The van der Waals surface area contributed by atoms with E-state index in [9.17, 15) is 0 Å². The quantitative estimate of drug-likeness (QED) is 0.511. The second kappa shape index (κ2) is 9.51. The molecule has 0 radical (unpaired) electrons. The molecule has 1 aromatic carbocycles. The summed E-state index contributed by atoms with van der Waals surface area (Å²) in [5.74, 6) is 0. The van der Waals surface area contributed by atoms with Crippen LogP contribution in [0.2, 0.25) is 0 Å². The molecule has 3 heteroatoms. The van der Waals surface area contributed by atoms with Crippen LogP contribution < -0.4 is 10.3 Å². The number of benzene rings is 1. The number of hydrogen-bond donors (Lipinski definition) is 2. The number of aryl methyl sites for hydroxylation is 2. The molecular formula is C20H31N2O+. The molecule has 0 fully saturated rings. The zero-order chi connectivity index (χ0) is 16.5. The number of hydrogen-bond acceptors (Lipinski definition) is 2. The molecule has 2 rings (SSSR count). The largest absolute Gasteiger partial charge is 0.398 e. The highest BCUT2D eigenvalue weighted by atomic mass is 16.2. The molecule has 0 aliphatic rings. The Morgan fingerprint density at radius 1 is 0.913 bits per heavy atom. The van der Waals surface area contributed by atoms with Crippen LogP contribution in [0.4, 0.5) is 5.69 Å². The summed E-state index contributed by atoms with van der Waals surface area (Å²) in [7, 11) is 0. The molecule has 0 amide bonds. The normalized spacial score (nSPS) is 11.2. The molecule has 3 nitrogen and oxygen atoms in total. The standard InChI is InChI=1S/C20H30N2O/c1-17-16-19(21)18-12-8-9-13-20(18)22(17)14-10-6-4-2-3-5-7-11-15-23/h8-9,12-13,16,21,23H,2-7,10-11,14-15H2,1H3/p+1. The number of unbranched alkanes of at least 4 members (excludes halogenated alkanes) is 7. The molecule has 0 saturated carbocycles. The van der Waals surface area contributed by atoms with Gasteiger partial charge in [0.25, 0.3) is 0 Å². The summed E-state index contributed by atoms with van der Waals surface area (Å²) in [4.78, 5) is 0. The van der Waals surface area contributed by atoms with E-state index in [-0.39, 0.29) is 0 Å². The molecule has 3 N–H and O–H groups in total. The molecule has 1 aromatic heterocycles. The molecular weight excluding hydrogens is 284 g/mol. The van der Waals surface area contributed by atoms with Crippen LogP contribution in [0.1, 0.15) is 57.1 Å². The van der Waals surface area contributed by atoms with Crippen molar-refractivity contribution < 1.29 is 9.67 Å². The van der Waals surface area contributed by atoms with Gasteiger partial charge in [0.2, 0.25) is 5.52 Å². The molecule has 0 saturated heterocycles. The predicted octanol–water partition coefficient (Wildman–Crippen LogP) is 4.13. The second-order valence-electron chi connectivity index (χ2n) is 6.46. The van der Waals surface area contributed by atoms with Crippen LogP contribution in [0.3, 0.4) is 0 Å². The van der Waals surface area contributed by atoms with Gasteiger partial charge in [-0.2, -0.15) is 4.57 Å². The van der Waals surface area contributed by atoms with Gasteiger partial charge >= 0.3 is 0 Å². The van der Waals surface area contributed by atoms with E-state index >= 15 is 0 Å². The average Bonchev–Trinajstić information content (AvgIpc) is 2.56. The molecule has 23 heavy (non-hydrogen) atoms. The molecule has 126 valence electrons. The van der Waals surface area contributed by atoms with Gasteiger partial charge in [-0.05, 0) is 18.9 Å². The van der Waals surface area contributed by atoms with Gasteiger partial charge in [-0.25, -0.2) is 0 Å². The maximum Gasteiger partial charge on any atom is 0.214 e. The van der Waals surface area contributed by atoms with Gasteiger partial charge in [-0.3, -0.25) is 0 Å². The van der Waals surface area contributed by atoms with E-state index in [1.165, 1.54) is 56.2 Å². The van der Waals surface area contributed by atoms with Crippen LogP contribution in [0.15, 0.2) is 30.3 Å². The van der Waals surface area contributed by atoms with E-state index in [1.54, 1.807) is 0 Å². The van der Waals surface area contributed by atoms with Crippen LogP contribution in [0.5, 0.6) is 0 Å². The third kappa shape index (κ3) is 5.21. The molecule has 0 atom stereocenters. The first-order chi connectivity index (χ1) is 11.2. The van der Waals surface area contributed by atoms with E-state index < -0.39 is 0 Å². The van der Waals surface area contributed by atoms with Crippen molar-refractivity contribution in [1.82, 2.24) is 0 Å². The molecule has 1 heterocycles. The minimum atomic E-state index is 0.339. The Kier molecular flexibility index (Phi) is 7.34. The van der Waals surface area contributed by atoms with Crippen molar-refractivity contribution in [3.63, 3.8) is 0 Å². The van der Waals surface area contributed by atoms with Crippen LogP contribution >= 0.6 is 0 Å². The van der Waals surface area contributed by atoms with Gasteiger partial charge in [0.15, 0.2) is 5.69 Å². The van der Waals surface area contributed by atoms with Crippen LogP contribution in [0.25, 0.3) is 10.9 Å². The maximum absolute atomic E-state index is 8.75. The van der Waals surface area contributed by atoms with Gasteiger partial charge in [0, 0.05) is 32.1 Å². The third-order valence-corrected chi connectivity index (χ3v) is 4.59. The van der Waals surface area contributed by atoms with Crippen molar-refractivity contribution in [3.05, 3.63) is 36.0 Å². The molecule has 0 bridgehead atoms. The number of para-hydroxylation sites is 1. The average molecular weight is 315 g/mol. The molecule has 0 spiro atoms. The van der Waals surface area contributed by atoms with Crippen molar-refractivity contribution in [2.24, 2.45) is 0 Å². The zero-order valence-corrected chi connectivity index (χ0v) is 14.4. The van der Waals surface area contributed by atoms with Crippen molar-refractivity contribution in [1.29, 1.82) is 0 Å². The zero-order valence-electron chi connectivity index (χ0n) is 14.4. The minimum Gasteiger partial charge on any atom is -0.398 e. The van der Waals surface area contributed by atoms with Gasteiger partial charge in [-0.15, -0.1) is 0 Å². The fourth-order valence-corrected chi connectivity index (χ4v) is 3.26. The fourth-order valence-electron chi connectivity index (χ4n) is 3.26. The Morgan fingerprint density at radius 2 is 1.52 bits per heavy atom. The van der Waals surface area contributed by atoms with Gasteiger partial charge < -0.3 is 10.8 Å².